The lowest BCUT2D eigenvalue weighted by atomic mass is 9.72. The van der Waals surface area contributed by atoms with Gasteiger partial charge in [0, 0.05) is 6.61 Å². The Morgan fingerprint density at radius 3 is 2.57 bits per heavy atom. The van der Waals surface area contributed by atoms with Crippen LogP contribution in [0.5, 0.6) is 0 Å². The fraction of sp³-hybridized carbons (Fsp3) is 0.938. The maximum absolute atomic E-state index is 12.8. The number of carbonyl (C=O) groups is 1. The number of ether oxygens (including phenoxy) is 4. The van der Waals surface area contributed by atoms with Gasteiger partial charge in [0.25, 0.3) is 6.48 Å². The molecule has 23 heavy (non-hydrogen) atoms. The van der Waals surface area contributed by atoms with Crippen molar-refractivity contribution in [1.82, 2.24) is 0 Å². The highest BCUT2D eigenvalue weighted by molar-refractivity contribution is 6.74. The molecule has 5 aliphatic rings. The fourth-order valence-corrected chi connectivity index (χ4v) is 5.14. The second kappa shape index (κ2) is 4.86. The van der Waals surface area contributed by atoms with Crippen molar-refractivity contribution in [2.45, 2.75) is 88.2 Å². The summed E-state index contributed by atoms with van der Waals surface area (Å²) < 4.78 is 29.9. The van der Waals surface area contributed by atoms with Gasteiger partial charge >= 0.3 is 0 Å². The second-order valence-corrected chi connectivity index (χ2v) is 13.3. The molecule has 130 valence electrons. The first-order chi connectivity index (χ1) is 10.7. The minimum Gasteiger partial charge on any atom is -0.408 e. The summed E-state index contributed by atoms with van der Waals surface area (Å²) in [7, 11) is -2.07. The van der Waals surface area contributed by atoms with Crippen LogP contribution < -0.4 is 0 Å². The zero-order valence-corrected chi connectivity index (χ0v) is 15.5. The summed E-state index contributed by atoms with van der Waals surface area (Å²) in [6.07, 6.45) is -0.189. The first kappa shape index (κ1) is 16.2. The van der Waals surface area contributed by atoms with E-state index in [1.54, 1.807) is 0 Å². The van der Waals surface area contributed by atoms with Crippen LogP contribution in [0.15, 0.2) is 0 Å². The fourth-order valence-electron chi connectivity index (χ4n) is 3.86. The predicted molar refractivity (Wildman–Crippen MR) is 83.4 cm³/mol. The Hall–Kier alpha value is -0.313. The third-order valence-electron chi connectivity index (χ3n) is 6.14. The van der Waals surface area contributed by atoms with Gasteiger partial charge in [-0.2, -0.15) is 0 Å². The van der Waals surface area contributed by atoms with Gasteiger partial charge in [-0.25, -0.2) is 0 Å². The summed E-state index contributed by atoms with van der Waals surface area (Å²) in [6.45, 7) is 10.8. The van der Waals surface area contributed by atoms with Crippen LogP contribution in [-0.2, 0) is 28.2 Å². The van der Waals surface area contributed by atoms with Crippen LogP contribution in [0.25, 0.3) is 0 Å². The minimum absolute atomic E-state index is 0.0465. The molecule has 4 heterocycles. The molecule has 0 aromatic carbocycles. The molecule has 1 spiro atoms. The van der Waals surface area contributed by atoms with E-state index in [-0.39, 0.29) is 16.9 Å². The summed E-state index contributed by atoms with van der Waals surface area (Å²) in [5.41, 5.74) is -0.694. The molecule has 5 rings (SSSR count). The molecular formula is C16H26O6Si. The van der Waals surface area contributed by atoms with Gasteiger partial charge in [0.1, 0.15) is 17.8 Å². The van der Waals surface area contributed by atoms with Crippen molar-refractivity contribution in [2.75, 3.05) is 6.61 Å². The Kier molecular flexibility index (Phi) is 3.42. The highest BCUT2D eigenvalue weighted by atomic mass is 28.4. The summed E-state index contributed by atoms with van der Waals surface area (Å²) in [5, 5.41) is 0.0465. The number of hydrogen-bond acceptors (Lipinski definition) is 6. The molecule has 0 aromatic rings. The Morgan fingerprint density at radius 1 is 1.22 bits per heavy atom. The average Bonchev–Trinajstić information content (AvgIpc) is 2.92. The maximum atomic E-state index is 12.8. The minimum atomic E-state index is -2.07. The van der Waals surface area contributed by atoms with E-state index in [4.69, 9.17) is 23.4 Å². The molecule has 6 nitrogen and oxygen atoms in total. The SMILES string of the molecule is CC(C)(C)[Si](C)(C)O[C@H]1[C@H]2O[C@H]3O[C@@H](C2=O)[C@@]2(CCCO2)[C@H]1O3. The van der Waals surface area contributed by atoms with Crippen molar-refractivity contribution in [3.63, 3.8) is 0 Å². The van der Waals surface area contributed by atoms with E-state index >= 15 is 0 Å². The molecule has 7 heteroatoms. The average molecular weight is 342 g/mol. The molecule has 5 fully saturated rings. The third-order valence-corrected chi connectivity index (χ3v) is 10.6. The van der Waals surface area contributed by atoms with Crippen molar-refractivity contribution >= 4 is 14.1 Å². The van der Waals surface area contributed by atoms with E-state index in [0.29, 0.717) is 6.61 Å². The standard InChI is InChI=1S/C16H26O6Si/c1-15(2,3)23(4,5)22-11-10-9(17)12-16(7-6-8-18-16)13(11)21-14(19-10)20-12/h10-14H,6-8H2,1-5H3/t10-,11-,12-,13-,14-,16-/m0/s1. The van der Waals surface area contributed by atoms with Gasteiger partial charge < -0.3 is 23.4 Å². The Labute approximate surface area is 137 Å². The van der Waals surface area contributed by atoms with Crippen LogP contribution in [0.1, 0.15) is 33.6 Å². The topological polar surface area (TPSA) is 63.2 Å². The first-order valence-corrected chi connectivity index (χ1v) is 11.4. The monoisotopic (exact) mass is 342 g/mol. The van der Waals surface area contributed by atoms with Crippen LogP contribution in [0.4, 0.5) is 0 Å². The number of ketones is 1. The van der Waals surface area contributed by atoms with Crippen molar-refractivity contribution in [1.29, 1.82) is 0 Å². The molecule has 4 saturated heterocycles. The van der Waals surface area contributed by atoms with Crippen LogP contribution in [0, 0.1) is 0 Å². The van der Waals surface area contributed by atoms with E-state index in [9.17, 15) is 4.79 Å². The Balaban J connectivity index is 1.69. The quantitative estimate of drug-likeness (QED) is 0.715. The van der Waals surface area contributed by atoms with Gasteiger partial charge in [0.15, 0.2) is 26.3 Å². The van der Waals surface area contributed by atoms with E-state index < -0.39 is 38.7 Å². The molecule has 1 saturated carbocycles. The smallest absolute Gasteiger partial charge is 0.273 e. The molecule has 6 atom stereocenters. The third kappa shape index (κ3) is 2.14. The molecule has 4 bridgehead atoms. The van der Waals surface area contributed by atoms with Crippen molar-refractivity contribution < 1.29 is 28.2 Å². The van der Waals surface area contributed by atoms with E-state index in [2.05, 4.69) is 33.9 Å². The normalized spacial score (nSPS) is 46.1. The van der Waals surface area contributed by atoms with Crippen molar-refractivity contribution in [3.05, 3.63) is 0 Å². The number of carbonyl (C=O) groups excluding carboxylic acids is 1. The lowest BCUT2D eigenvalue weighted by Gasteiger charge is -2.60. The zero-order valence-electron chi connectivity index (χ0n) is 14.5. The summed E-state index contributed by atoms with van der Waals surface area (Å²) in [4.78, 5) is 12.8. The molecule has 0 radical (unpaired) electrons. The summed E-state index contributed by atoms with van der Waals surface area (Å²) in [5.74, 6) is -0.0496. The van der Waals surface area contributed by atoms with Gasteiger partial charge in [-0.05, 0) is 31.0 Å². The van der Waals surface area contributed by atoms with E-state index in [1.165, 1.54) is 0 Å². The summed E-state index contributed by atoms with van der Waals surface area (Å²) >= 11 is 0. The van der Waals surface area contributed by atoms with E-state index in [0.717, 1.165) is 12.8 Å². The van der Waals surface area contributed by atoms with Gasteiger partial charge in [0.05, 0.1) is 0 Å². The van der Waals surface area contributed by atoms with Gasteiger partial charge in [-0.15, -0.1) is 0 Å². The van der Waals surface area contributed by atoms with E-state index in [1.807, 2.05) is 0 Å². The Morgan fingerprint density at radius 2 is 1.96 bits per heavy atom. The zero-order chi connectivity index (χ0) is 16.6. The lowest BCUT2D eigenvalue weighted by Crippen LogP contribution is -2.80. The second-order valence-electron chi connectivity index (χ2n) is 8.57. The van der Waals surface area contributed by atoms with Gasteiger partial charge in [0.2, 0.25) is 0 Å². The molecule has 0 amide bonds. The van der Waals surface area contributed by atoms with Crippen molar-refractivity contribution in [2.24, 2.45) is 0 Å². The predicted octanol–water partition coefficient (Wildman–Crippen LogP) is 1.98. The van der Waals surface area contributed by atoms with Crippen molar-refractivity contribution in [3.8, 4) is 0 Å². The number of Topliss-reactive ketones (excluding diaryl/α,β-unsaturated/α-hetero) is 1. The lowest BCUT2D eigenvalue weighted by molar-refractivity contribution is -0.456. The molecule has 0 N–H and O–H groups in total. The largest absolute Gasteiger partial charge is 0.408 e. The van der Waals surface area contributed by atoms with Crippen LogP contribution in [-0.4, -0.2) is 57.2 Å². The molecule has 4 aliphatic heterocycles. The molecule has 0 aromatic heterocycles. The molecular weight excluding hydrogens is 316 g/mol. The number of hydrogen-bond donors (Lipinski definition) is 0. The maximum Gasteiger partial charge on any atom is 0.273 e. The molecule has 1 aliphatic carbocycles. The number of rotatable bonds is 2. The van der Waals surface area contributed by atoms with Gasteiger partial charge in [-0.3, -0.25) is 4.79 Å². The van der Waals surface area contributed by atoms with Crippen LogP contribution in [0.3, 0.4) is 0 Å². The summed E-state index contributed by atoms with van der Waals surface area (Å²) in [6, 6.07) is 0. The highest BCUT2D eigenvalue weighted by Crippen LogP contribution is 2.51. The molecule has 0 unspecified atom stereocenters. The van der Waals surface area contributed by atoms with Gasteiger partial charge in [-0.1, -0.05) is 20.8 Å². The first-order valence-electron chi connectivity index (χ1n) is 8.48. The highest BCUT2D eigenvalue weighted by Gasteiger charge is 2.71. The van der Waals surface area contributed by atoms with Crippen LogP contribution in [0.2, 0.25) is 18.1 Å². The van der Waals surface area contributed by atoms with Crippen LogP contribution >= 0.6 is 0 Å². The Bertz CT molecular complexity index is 521.